The van der Waals surface area contributed by atoms with E-state index in [9.17, 15) is 19.2 Å². The highest BCUT2D eigenvalue weighted by Crippen LogP contribution is 2.62. The van der Waals surface area contributed by atoms with E-state index in [-0.39, 0.29) is 30.2 Å². The van der Waals surface area contributed by atoms with Crippen molar-refractivity contribution in [2.75, 3.05) is 13.2 Å². The predicted molar refractivity (Wildman–Crippen MR) is 128 cm³/mol. The number of hydrogen-bond donors (Lipinski definition) is 0. The Labute approximate surface area is 208 Å². The SMILES string of the molecule is CCOC(=O)C1=C(C(=O)OCC)N2C=Cc3ccccc3[C@@H]2[C@@]2(C(C)=O)C(=O)Oc3ccccc3[C@@H]12. The Kier molecular flexibility index (Phi) is 5.74. The maximum atomic E-state index is 14.0. The van der Waals surface area contributed by atoms with Gasteiger partial charge in [-0.3, -0.25) is 9.59 Å². The first kappa shape index (κ1) is 23.5. The van der Waals surface area contributed by atoms with Crippen molar-refractivity contribution in [2.45, 2.75) is 32.7 Å². The fraction of sp³-hybridized carbons (Fsp3) is 0.286. The van der Waals surface area contributed by atoms with Crippen molar-refractivity contribution < 1.29 is 33.4 Å². The molecular formula is C28H25NO7. The Hall–Kier alpha value is -4.20. The number of fused-ring (bicyclic) bond motifs is 7. The third-order valence-electron chi connectivity index (χ3n) is 6.99. The summed E-state index contributed by atoms with van der Waals surface area (Å²) in [6, 6.07) is 13.1. The molecule has 3 aliphatic heterocycles. The molecule has 184 valence electrons. The molecule has 0 saturated heterocycles. The van der Waals surface area contributed by atoms with Gasteiger partial charge in [0.05, 0.1) is 24.8 Å². The van der Waals surface area contributed by atoms with Crippen LogP contribution in [-0.4, -0.2) is 41.8 Å². The zero-order valence-electron chi connectivity index (χ0n) is 20.1. The average molecular weight is 488 g/mol. The molecular weight excluding hydrogens is 462 g/mol. The molecule has 0 spiro atoms. The number of rotatable bonds is 5. The highest BCUT2D eigenvalue weighted by Gasteiger charge is 2.68. The van der Waals surface area contributed by atoms with Crippen molar-refractivity contribution in [3.8, 4) is 5.75 Å². The first-order valence-electron chi connectivity index (χ1n) is 11.8. The van der Waals surface area contributed by atoms with Gasteiger partial charge >= 0.3 is 17.9 Å². The van der Waals surface area contributed by atoms with Crippen LogP contribution in [0.4, 0.5) is 0 Å². The lowest BCUT2D eigenvalue weighted by Crippen LogP contribution is -2.61. The normalized spacial score (nSPS) is 23.5. The zero-order chi connectivity index (χ0) is 25.6. The van der Waals surface area contributed by atoms with E-state index in [0.29, 0.717) is 11.1 Å². The zero-order valence-corrected chi connectivity index (χ0v) is 20.1. The molecule has 0 unspecified atom stereocenters. The summed E-state index contributed by atoms with van der Waals surface area (Å²) in [6.45, 7) is 4.73. The summed E-state index contributed by atoms with van der Waals surface area (Å²) in [5, 5.41) is 0. The van der Waals surface area contributed by atoms with Crippen molar-refractivity contribution >= 4 is 29.8 Å². The van der Waals surface area contributed by atoms with Gasteiger partial charge in [-0.05, 0) is 44.0 Å². The average Bonchev–Trinajstić information content (AvgIpc) is 2.87. The van der Waals surface area contributed by atoms with Crippen molar-refractivity contribution in [1.82, 2.24) is 4.90 Å². The van der Waals surface area contributed by atoms with Gasteiger partial charge in [0, 0.05) is 17.7 Å². The molecule has 0 aliphatic carbocycles. The second-order valence-corrected chi connectivity index (χ2v) is 8.74. The molecule has 3 atom stereocenters. The molecule has 2 aromatic carbocycles. The summed E-state index contributed by atoms with van der Waals surface area (Å²) >= 11 is 0. The highest BCUT2D eigenvalue weighted by atomic mass is 16.5. The summed E-state index contributed by atoms with van der Waals surface area (Å²) in [5.74, 6) is -3.73. The number of carbonyl (C=O) groups excluding carboxylic acids is 4. The van der Waals surface area contributed by atoms with Crippen molar-refractivity contribution in [3.05, 3.63) is 82.7 Å². The highest BCUT2D eigenvalue weighted by molar-refractivity contribution is 6.12. The van der Waals surface area contributed by atoms with Crippen LogP contribution in [0, 0.1) is 5.41 Å². The number of para-hydroxylation sites is 1. The van der Waals surface area contributed by atoms with Crippen LogP contribution in [-0.2, 0) is 28.7 Å². The maximum absolute atomic E-state index is 14.0. The number of benzene rings is 2. The molecule has 0 amide bonds. The van der Waals surface area contributed by atoms with Crippen molar-refractivity contribution in [2.24, 2.45) is 5.41 Å². The minimum atomic E-state index is -1.87. The van der Waals surface area contributed by atoms with E-state index in [2.05, 4.69) is 0 Å². The van der Waals surface area contributed by atoms with Crippen LogP contribution in [0.5, 0.6) is 5.75 Å². The monoisotopic (exact) mass is 487 g/mol. The van der Waals surface area contributed by atoms with Crippen LogP contribution in [0.25, 0.3) is 6.08 Å². The standard InChI is InChI=1S/C28H25NO7/c1-4-34-25(31)21-22-19-12-8-9-13-20(19)36-27(33)28(22,16(3)30)24-18-11-7-6-10-17(18)14-15-29(24)23(21)26(32)35-5-2/h6-15,22,24H,4-5H2,1-3H3/t22-,24+,28-/m0/s1. The number of ketones is 1. The molecule has 3 aliphatic rings. The van der Waals surface area contributed by atoms with Crippen molar-refractivity contribution in [1.29, 1.82) is 0 Å². The number of nitrogens with zero attached hydrogens (tertiary/aromatic N) is 1. The molecule has 0 N–H and O–H groups in total. The van der Waals surface area contributed by atoms with Crippen LogP contribution in [0.1, 0.15) is 49.4 Å². The molecule has 36 heavy (non-hydrogen) atoms. The molecule has 0 fully saturated rings. The predicted octanol–water partition coefficient (Wildman–Crippen LogP) is 3.69. The Morgan fingerprint density at radius 1 is 0.944 bits per heavy atom. The summed E-state index contributed by atoms with van der Waals surface area (Å²) < 4.78 is 16.5. The molecule has 8 heteroatoms. The van der Waals surface area contributed by atoms with Gasteiger partial charge in [0.25, 0.3) is 0 Å². The van der Waals surface area contributed by atoms with Crippen LogP contribution in [0.3, 0.4) is 0 Å². The van der Waals surface area contributed by atoms with E-state index in [0.717, 1.165) is 5.56 Å². The molecule has 0 radical (unpaired) electrons. The quantitative estimate of drug-likeness (QED) is 0.358. The molecule has 0 aromatic heterocycles. The van der Waals surface area contributed by atoms with Gasteiger partial charge in [0.2, 0.25) is 0 Å². The lowest BCUT2D eigenvalue weighted by molar-refractivity contribution is -0.164. The number of esters is 3. The Bertz CT molecular complexity index is 1360. The minimum Gasteiger partial charge on any atom is -0.463 e. The molecule has 8 nitrogen and oxygen atoms in total. The molecule has 2 aromatic rings. The second kappa shape index (κ2) is 8.78. The molecule has 5 rings (SSSR count). The number of carbonyl (C=O) groups is 4. The second-order valence-electron chi connectivity index (χ2n) is 8.74. The fourth-order valence-corrected chi connectivity index (χ4v) is 5.64. The maximum Gasteiger partial charge on any atom is 0.355 e. The van der Waals surface area contributed by atoms with Gasteiger partial charge in [-0.25, -0.2) is 9.59 Å². The summed E-state index contributed by atoms with van der Waals surface area (Å²) in [7, 11) is 0. The van der Waals surface area contributed by atoms with Gasteiger partial charge in [-0.2, -0.15) is 0 Å². The van der Waals surface area contributed by atoms with Gasteiger partial charge in [0.15, 0.2) is 11.2 Å². The van der Waals surface area contributed by atoms with Crippen LogP contribution in [0.15, 0.2) is 66.0 Å². The molecule has 0 saturated carbocycles. The van der Waals surface area contributed by atoms with Gasteiger partial charge < -0.3 is 19.1 Å². The Morgan fingerprint density at radius 2 is 1.58 bits per heavy atom. The van der Waals surface area contributed by atoms with Crippen LogP contribution < -0.4 is 4.74 Å². The number of hydrogen-bond acceptors (Lipinski definition) is 8. The lowest BCUT2D eigenvalue weighted by atomic mass is 9.56. The van der Waals surface area contributed by atoms with E-state index in [1.807, 2.05) is 18.2 Å². The lowest BCUT2D eigenvalue weighted by Gasteiger charge is -2.54. The summed E-state index contributed by atoms with van der Waals surface area (Å²) in [5.41, 5.74) is -0.141. The van der Waals surface area contributed by atoms with Crippen LogP contribution >= 0.6 is 0 Å². The minimum absolute atomic E-state index is 0.0342. The summed E-state index contributed by atoms with van der Waals surface area (Å²) in [4.78, 5) is 56.2. The third kappa shape index (κ3) is 3.13. The van der Waals surface area contributed by atoms with E-state index in [1.54, 1.807) is 56.5 Å². The Balaban J connectivity index is 1.95. The Morgan fingerprint density at radius 3 is 2.28 bits per heavy atom. The number of Topliss-reactive ketones (excluding diaryl/α,β-unsaturated/α-hetero) is 1. The van der Waals surface area contributed by atoms with E-state index in [4.69, 9.17) is 14.2 Å². The first-order chi connectivity index (χ1) is 17.4. The van der Waals surface area contributed by atoms with E-state index < -0.39 is 41.1 Å². The van der Waals surface area contributed by atoms with Gasteiger partial charge in [-0.1, -0.05) is 42.5 Å². The van der Waals surface area contributed by atoms with E-state index >= 15 is 0 Å². The van der Waals surface area contributed by atoms with Crippen molar-refractivity contribution in [3.63, 3.8) is 0 Å². The van der Waals surface area contributed by atoms with Gasteiger partial charge in [-0.15, -0.1) is 0 Å². The van der Waals surface area contributed by atoms with E-state index in [1.165, 1.54) is 11.8 Å². The summed E-state index contributed by atoms with van der Waals surface area (Å²) in [6.07, 6.45) is 3.37. The molecule has 3 heterocycles. The van der Waals surface area contributed by atoms with Gasteiger partial charge in [0.1, 0.15) is 11.4 Å². The van der Waals surface area contributed by atoms with Crippen LogP contribution in [0.2, 0.25) is 0 Å². The third-order valence-corrected chi connectivity index (χ3v) is 6.99. The fourth-order valence-electron chi connectivity index (χ4n) is 5.64. The molecule has 0 bridgehead atoms. The first-order valence-corrected chi connectivity index (χ1v) is 11.8. The number of ether oxygens (including phenoxy) is 3. The topological polar surface area (TPSA) is 99.2 Å². The largest absolute Gasteiger partial charge is 0.463 e. The smallest absolute Gasteiger partial charge is 0.355 e.